The lowest BCUT2D eigenvalue weighted by atomic mass is 9.79. The van der Waals surface area contributed by atoms with Crippen molar-refractivity contribution in [3.05, 3.63) is 0 Å². The molecule has 0 radical (unpaired) electrons. The van der Waals surface area contributed by atoms with Crippen molar-refractivity contribution in [1.82, 2.24) is 0 Å². The van der Waals surface area contributed by atoms with Crippen LogP contribution in [-0.2, 0) is 19.1 Å². The summed E-state index contributed by atoms with van der Waals surface area (Å²) in [6, 6.07) is 0. The molecule has 0 saturated heterocycles. The molecule has 0 aliphatic heterocycles. The second kappa shape index (κ2) is 11.5. The van der Waals surface area contributed by atoms with Crippen molar-refractivity contribution in [1.29, 1.82) is 0 Å². The number of rotatable bonds is 10. The lowest BCUT2D eigenvalue weighted by Gasteiger charge is -2.30. The Hall–Kier alpha value is -1.06. The molecule has 0 aromatic carbocycles. The molecular formula is C20H36O4. The predicted molar refractivity (Wildman–Crippen MR) is 95.6 cm³/mol. The first-order valence-corrected chi connectivity index (χ1v) is 9.98. The van der Waals surface area contributed by atoms with Gasteiger partial charge in [-0.1, -0.05) is 53.4 Å². The van der Waals surface area contributed by atoms with E-state index < -0.39 is 0 Å². The number of carbonyl (C=O) groups excluding carboxylic acids is 2. The maximum atomic E-state index is 12.6. The molecule has 4 nitrogen and oxygen atoms in total. The van der Waals surface area contributed by atoms with Gasteiger partial charge in [0.2, 0.25) is 0 Å². The average Bonchev–Trinajstić information content (AvgIpc) is 2.60. The van der Waals surface area contributed by atoms with Gasteiger partial charge in [0.25, 0.3) is 0 Å². The van der Waals surface area contributed by atoms with Gasteiger partial charge in [0.1, 0.15) is 12.2 Å². The summed E-state index contributed by atoms with van der Waals surface area (Å²) in [5, 5.41) is 0. The van der Waals surface area contributed by atoms with Crippen LogP contribution in [0.4, 0.5) is 0 Å². The quantitative estimate of drug-likeness (QED) is 0.523. The highest BCUT2D eigenvalue weighted by atomic mass is 16.6. The van der Waals surface area contributed by atoms with E-state index in [1.165, 1.54) is 0 Å². The zero-order valence-electron chi connectivity index (χ0n) is 16.0. The summed E-state index contributed by atoms with van der Waals surface area (Å²) >= 11 is 0. The summed E-state index contributed by atoms with van der Waals surface area (Å²) in [7, 11) is 0. The first-order valence-electron chi connectivity index (χ1n) is 9.98. The molecule has 4 unspecified atom stereocenters. The Balaban J connectivity index is 2.69. The van der Waals surface area contributed by atoms with Gasteiger partial charge < -0.3 is 9.47 Å². The van der Waals surface area contributed by atoms with Crippen molar-refractivity contribution in [2.24, 2.45) is 11.8 Å². The summed E-state index contributed by atoms with van der Waals surface area (Å²) in [6.45, 7) is 8.26. The molecule has 1 aliphatic rings. The van der Waals surface area contributed by atoms with E-state index in [9.17, 15) is 9.59 Å². The molecule has 140 valence electrons. The molecule has 0 spiro atoms. The lowest BCUT2D eigenvalue weighted by molar-refractivity contribution is -0.169. The maximum Gasteiger partial charge on any atom is 0.310 e. The zero-order chi connectivity index (χ0) is 17.9. The largest absolute Gasteiger partial charge is 0.462 e. The van der Waals surface area contributed by atoms with Crippen LogP contribution in [0, 0.1) is 11.8 Å². The van der Waals surface area contributed by atoms with E-state index in [0.717, 1.165) is 64.2 Å². The fraction of sp³-hybridized carbons (Fsp3) is 0.900. The molecule has 24 heavy (non-hydrogen) atoms. The number of hydrogen-bond donors (Lipinski definition) is 0. The summed E-state index contributed by atoms with van der Waals surface area (Å²) in [5.41, 5.74) is 0. The van der Waals surface area contributed by atoms with E-state index in [2.05, 4.69) is 13.8 Å². The number of hydrogen-bond acceptors (Lipinski definition) is 4. The molecule has 0 heterocycles. The fourth-order valence-corrected chi connectivity index (χ4v) is 3.54. The van der Waals surface area contributed by atoms with Crippen molar-refractivity contribution in [2.75, 3.05) is 0 Å². The average molecular weight is 341 g/mol. The van der Waals surface area contributed by atoms with Gasteiger partial charge in [-0.15, -0.1) is 0 Å². The van der Waals surface area contributed by atoms with Crippen LogP contribution in [-0.4, -0.2) is 24.1 Å². The monoisotopic (exact) mass is 340 g/mol. The Kier molecular flexibility index (Phi) is 10.0. The lowest BCUT2D eigenvalue weighted by Crippen LogP contribution is -2.37. The molecule has 0 aromatic heterocycles. The second-order valence-electron chi connectivity index (χ2n) is 7.01. The van der Waals surface area contributed by atoms with E-state index in [4.69, 9.17) is 9.47 Å². The standard InChI is InChI=1S/C20H36O4/c1-5-11-15(7-3)23-19(21)17-13-9-10-14-18(17)20(22)24-16(8-4)12-6-2/h15-18H,5-14H2,1-4H3. The third-order valence-electron chi connectivity index (χ3n) is 5.07. The molecular weight excluding hydrogens is 304 g/mol. The highest BCUT2D eigenvalue weighted by Crippen LogP contribution is 2.33. The first-order chi connectivity index (χ1) is 11.6. The fourth-order valence-electron chi connectivity index (χ4n) is 3.54. The van der Waals surface area contributed by atoms with Crippen molar-refractivity contribution in [3.8, 4) is 0 Å². The van der Waals surface area contributed by atoms with Gasteiger partial charge in [-0.3, -0.25) is 9.59 Å². The van der Waals surface area contributed by atoms with Gasteiger partial charge in [-0.05, 0) is 38.5 Å². The van der Waals surface area contributed by atoms with E-state index >= 15 is 0 Å². The SMILES string of the molecule is CCCC(CC)OC(=O)C1CCCCC1C(=O)OC(CC)CCC. The number of esters is 2. The highest BCUT2D eigenvalue weighted by molar-refractivity contribution is 5.82. The summed E-state index contributed by atoms with van der Waals surface area (Å²) in [6.07, 6.45) is 8.84. The van der Waals surface area contributed by atoms with Crippen LogP contribution in [0.3, 0.4) is 0 Å². The van der Waals surface area contributed by atoms with Gasteiger partial charge in [0.15, 0.2) is 0 Å². The summed E-state index contributed by atoms with van der Waals surface area (Å²) in [4.78, 5) is 25.2. The molecule has 4 atom stereocenters. The molecule has 1 aliphatic carbocycles. The van der Waals surface area contributed by atoms with Crippen LogP contribution in [0.15, 0.2) is 0 Å². The minimum Gasteiger partial charge on any atom is -0.462 e. The summed E-state index contributed by atoms with van der Waals surface area (Å²) < 4.78 is 11.4. The van der Waals surface area contributed by atoms with Crippen LogP contribution in [0.1, 0.15) is 91.9 Å². The van der Waals surface area contributed by atoms with Crippen molar-refractivity contribution in [2.45, 2.75) is 104 Å². The normalized spacial score (nSPS) is 23.3. The van der Waals surface area contributed by atoms with Gasteiger partial charge in [-0.2, -0.15) is 0 Å². The minimum absolute atomic E-state index is 0.0235. The molecule has 1 saturated carbocycles. The third-order valence-corrected chi connectivity index (χ3v) is 5.07. The maximum absolute atomic E-state index is 12.6. The zero-order valence-corrected chi connectivity index (χ0v) is 16.0. The highest BCUT2D eigenvalue weighted by Gasteiger charge is 2.39. The van der Waals surface area contributed by atoms with Crippen molar-refractivity contribution >= 4 is 11.9 Å². The Morgan fingerprint density at radius 3 is 1.46 bits per heavy atom. The van der Waals surface area contributed by atoms with Crippen molar-refractivity contribution < 1.29 is 19.1 Å². The number of ether oxygens (including phenoxy) is 2. The first kappa shape index (κ1) is 21.0. The topological polar surface area (TPSA) is 52.6 Å². The van der Waals surface area contributed by atoms with E-state index in [-0.39, 0.29) is 36.0 Å². The second-order valence-corrected chi connectivity index (χ2v) is 7.01. The summed E-state index contributed by atoms with van der Waals surface area (Å²) in [5.74, 6) is -1.03. The minimum atomic E-state index is -0.323. The van der Waals surface area contributed by atoms with Crippen LogP contribution < -0.4 is 0 Å². The molecule has 1 rings (SSSR count). The Morgan fingerprint density at radius 2 is 1.17 bits per heavy atom. The van der Waals surface area contributed by atoms with E-state index in [1.807, 2.05) is 13.8 Å². The van der Waals surface area contributed by atoms with Gasteiger partial charge in [-0.25, -0.2) is 0 Å². The molecule has 1 fully saturated rings. The van der Waals surface area contributed by atoms with Crippen LogP contribution >= 0.6 is 0 Å². The number of carbonyl (C=O) groups is 2. The Bertz CT molecular complexity index is 344. The van der Waals surface area contributed by atoms with Gasteiger partial charge >= 0.3 is 11.9 Å². The smallest absolute Gasteiger partial charge is 0.310 e. The molecule has 0 aromatic rings. The Morgan fingerprint density at radius 1 is 0.792 bits per heavy atom. The molecule has 0 amide bonds. The van der Waals surface area contributed by atoms with Gasteiger partial charge in [0, 0.05) is 0 Å². The van der Waals surface area contributed by atoms with Crippen LogP contribution in [0.5, 0.6) is 0 Å². The van der Waals surface area contributed by atoms with Crippen LogP contribution in [0.25, 0.3) is 0 Å². The van der Waals surface area contributed by atoms with Crippen LogP contribution in [0.2, 0.25) is 0 Å². The van der Waals surface area contributed by atoms with E-state index in [0.29, 0.717) is 0 Å². The van der Waals surface area contributed by atoms with Gasteiger partial charge in [0.05, 0.1) is 11.8 Å². The molecule has 4 heteroatoms. The Labute approximate surface area is 147 Å². The van der Waals surface area contributed by atoms with Crippen molar-refractivity contribution in [3.63, 3.8) is 0 Å². The third kappa shape index (κ3) is 6.45. The molecule has 0 bridgehead atoms. The van der Waals surface area contributed by atoms with E-state index in [1.54, 1.807) is 0 Å². The predicted octanol–water partition coefficient (Wildman–Crippen LogP) is 5.04. The molecule has 0 N–H and O–H groups in total.